The van der Waals surface area contributed by atoms with Crippen LogP contribution in [0.5, 0.6) is 0 Å². The first-order chi connectivity index (χ1) is 33.7. The van der Waals surface area contributed by atoms with Crippen molar-refractivity contribution in [1.29, 1.82) is 0 Å². The van der Waals surface area contributed by atoms with Crippen molar-refractivity contribution in [3.63, 3.8) is 0 Å². The monoisotopic (exact) mass is 868 g/mol. The zero-order chi connectivity index (χ0) is 45.5. The van der Waals surface area contributed by atoms with Crippen molar-refractivity contribution in [2.45, 2.75) is 0 Å². The normalized spacial score (nSPS) is 10.9. The van der Waals surface area contributed by atoms with Gasteiger partial charge in [0.2, 0.25) is 0 Å². The summed E-state index contributed by atoms with van der Waals surface area (Å²) in [7, 11) is 0. The van der Waals surface area contributed by atoms with E-state index in [0.717, 1.165) is 56.4 Å². The Kier molecular flexibility index (Phi) is 11.8. The largest absolute Gasteiger partial charge is 0.308 e. The molecule has 0 spiro atoms. The molecule has 2 nitrogen and oxygen atoms in total. The first-order valence-electron chi connectivity index (χ1n) is 23.2. The molecule has 0 aliphatic rings. The van der Waals surface area contributed by atoms with Crippen molar-refractivity contribution in [3.8, 4) is 66.8 Å². The molecule has 0 N–H and O–H groups in total. The summed E-state index contributed by atoms with van der Waals surface area (Å²) in [5, 5.41) is 0. The Morgan fingerprint density at radius 3 is 0.662 bits per heavy atom. The Balaban J connectivity index is 1.05. The number of hydrogen-bond acceptors (Lipinski definition) is 2. The van der Waals surface area contributed by atoms with Gasteiger partial charge in [-0.3, -0.25) is 0 Å². The smallest absolute Gasteiger partial charge is 0.0702 e. The quantitative estimate of drug-likeness (QED) is 0.121. The highest BCUT2D eigenvalue weighted by Gasteiger charge is 2.23. The zero-order valence-corrected chi connectivity index (χ0v) is 37.6. The van der Waals surface area contributed by atoms with Gasteiger partial charge in [0.1, 0.15) is 0 Å². The molecule has 0 fully saturated rings. The summed E-state index contributed by atoms with van der Waals surface area (Å²) >= 11 is 0. The number of nitrogens with zero attached hydrogens (tertiary/aromatic N) is 2. The summed E-state index contributed by atoms with van der Waals surface area (Å²) in [6.45, 7) is 0. The molecule has 322 valence electrons. The van der Waals surface area contributed by atoms with Crippen molar-refractivity contribution in [1.82, 2.24) is 0 Å². The maximum Gasteiger partial charge on any atom is 0.0702 e. The second-order valence-corrected chi connectivity index (χ2v) is 17.0. The Labute approximate surface area is 400 Å². The van der Waals surface area contributed by atoms with Gasteiger partial charge < -0.3 is 9.80 Å². The topological polar surface area (TPSA) is 6.48 Å². The third kappa shape index (κ3) is 8.87. The highest BCUT2D eigenvalue weighted by molar-refractivity contribution is 5.93. The van der Waals surface area contributed by atoms with Crippen molar-refractivity contribution in [2.75, 3.05) is 9.80 Å². The highest BCUT2D eigenvalue weighted by atomic mass is 15.2. The van der Waals surface area contributed by atoms with Crippen molar-refractivity contribution in [2.24, 2.45) is 0 Å². The van der Waals surface area contributed by atoms with Gasteiger partial charge in [-0.15, -0.1) is 0 Å². The third-order valence-corrected chi connectivity index (χ3v) is 12.7. The van der Waals surface area contributed by atoms with Crippen molar-refractivity contribution < 1.29 is 0 Å². The molecular weight excluding hydrogens is 821 g/mol. The number of hydrogen-bond donors (Lipinski definition) is 0. The van der Waals surface area contributed by atoms with E-state index in [2.05, 4.69) is 301 Å². The fourth-order valence-corrected chi connectivity index (χ4v) is 9.18. The Morgan fingerprint density at radius 2 is 0.368 bits per heavy atom. The van der Waals surface area contributed by atoms with E-state index in [1.807, 2.05) is 0 Å². The molecule has 68 heavy (non-hydrogen) atoms. The molecule has 2 heteroatoms. The first kappa shape index (κ1) is 41.7. The molecule has 0 aromatic heterocycles. The fraction of sp³-hybridized carbons (Fsp3) is 0. The van der Waals surface area contributed by atoms with Crippen molar-refractivity contribution >= 4 is 34.1 Å². The molecule has 0 bridgehead atoms. The van der Waals surface area contributed by atoms with E-state index in [1.165, 1.54) is 44.5 Å². The first-order valence-corrected chi connectivity index (χ1v) is 23.2. The highest BCUT2D eigenvalue weighted by Crippen LogP contribution is 2.47. The molecule has 0 radical (unpaired) electrons. The standard InChI is InChI=1S/C66H48N2/c1-5-17-49(18-6-1)53-31-35-57(36-32-53)59-25-15-27-63(47-59)67(61-43-39-55(40-44-61)51-21-9-3-10-22-51)65-29-13-14-30-66(65)68(62-45-41-56(42-46-62)52-23-11-4-12-24-52)64-28-16-26-60(48-64)58-37-33-54(34-38-58)50-19-7-2-8-20-50/h1-48H. The van der Waals surface area contributed by atoms with Gasteiger partial charge in [-0.25, -0.2) is 0 Å². The van der Waals surface area contributed by atoms with Gasteiger partial charge in [0.05, 0.1) is 11.4 Å². The molecule has 0 atom stereocenters. The molecule has 0 amide bonds. The van der Waals surface area contributed by atoms with Crippen LogP contribution >= 0.6 is 0 Å². The SMILES string of the molecule is c1ccc(-c2ccc(-c3cccc(N(c4ccc(-c5ccccc5)cc4)c4ccccc4N(c4ccc(-c5ccccc5)cc4)c4cccc(-c5ccc(-c6ccccc6)cc5)c4)c3)cc2)cc1. The second-order valence-electron chi connectivity index (χ2n) is 17.0. The molecule has 0 saturated heterocycles. The van der Waals surface area contributed by atoms with Gasteiger partial charge in [0.15, 0.2) is 0 Å². The lowest BCUT2D eigenvalue weighted by molar-refractivity contribution is 1.23. The average Bonchev–Trinajstić information content (AvgIpc) is 3.43. The van der Waals surface area contributed by atoms with Crippen LogP contribution < -0.4 is 9.80 Å². The van der Waals surface area contributed by atoms with Gasteiger partial charge in [0.25, 0.3) is 0 Å². The predicted molar refractivity (Wildman–Crippen MR) is 288 cm³/mol. The average molecular weight is 869 g/mol. The van der Waals surface area contributed by atoms with Crippen LogP contribution in [0.25, 0.3) is 66.8 Å². The molecule has 0 aliphatic carbocycles. The van der Waals surface area contributed by atoms with Gasteiger partial charge in [-0.2, -0.15) is 0 Å². The van der Waals surface area contributed by atoms with Crippen LogP contribution in [-0.4, -0.2) is 0 Å². The lowest BCUT2D eigenvalue weighted by atomic mass is 9.99. The van der Waals surface area contributed by atoms with Gasteiger partial charge >= 0.3 is 0 Å². The zero-order valence-electron chi connectivity index (χ0n) is 37.6. The van der Waals surface area contributed by atoms with Crippen LogP contribution in [0.4, 0.5) is 34.1 Å². The van der Waals surface area contributed by atoms with Crippen LogP contribution in [0, 0.1) is 0 Å². The lowest BCUT2D eigenvalue weighted by Gasteiger charge is -2.33. The second kappa shape index (κ2) is 19.2. The minimum atomic E-state index is 1.04. The van der Waals surface area contributed by atoms with E-state index in [4.69, 9.17) is 0 Å². The molecule has 0 unspecified atom stereocenters. The van der Waals surface area contributed by atoms with E-state index in [9.17, 15) is 0 Å². The predicted octanol–water partition coefficient (Wildman–Crippen LogP) is 18.6. The van der Waals surface area contributed by atoms with E-state index in [0.29, 0.717) is 0 Å². The number of rotatable bonds is 12. The Morgan fingerprint density at radius 1 is 0.147 bits per heavy atom. The molecule has 11 rings (SSSR count). The Bertz CT molecular complexity index is 3150. The molecule has 11 aromatic carbocycles. The van der Waals surface area contributed by atoms with Crippen LogP contribution in [0.15, 0.2) is 291 Å². The van der Waals surface area contributed by atoms with E-state index in [-0.39, 0.29) is 0 Å². The van der Waals surface area contributed by atoms with E-state index in [1.54, 1.807) is 0 Å². The minimum Gasteiger partial charge on any atom is -0.308 e. The van der Waals surface area contributed by atoms with Gasteiger partial charge in [0, 0.05) is 22.7 Å². The van der Waals surface area contributed by atoms with Gasteiger partial charge in [-0.1, -0.05) is 231 Å². The summed E-state index contributed by atoms with van der Waals surface area (Å²) in [6, 6.07) is 105. The summed E-state index contributed by atoms with van der Waals surface area (Å²) in [5.74, 6) is 0. The summed E-state index contributed by atoms with van der Waals surface area (Å²) in [5.41, 5.74) is 20.4. The number of anilines is 6. The maximum absolute atomic E-state index is 2.41. The molecule has 0 aliphatic heterocycles. The van der Waals surface area contributed by atoms with E-state index >= 15 is 0 Å². The number of para-hydroxylation sites is 2. The van der Waals surface area contributed by atoms with Crippen LogP contribution in [0.2, 0.25) is 0 Å². The van der Waals surface area contributed by atoms with Crippen LogP contribution in [0.3, 0.4) is 0 Å². The molecule has 0 heterocycles. The number of benzene rings is 11. The molecular formula is C66H48N2. The molecule has 0 saturated carbocycles. The van der Waals surface area contributed by atoms with E-state index < -0.39 is 0 Å². The van der Waals surface area contributed by atoms with Crippen LogP contribution in [0.1, 0.15) is 0 Å². The summed E-state index contributed by atoms with van der Waals surface area (Å²) in [6.07, 6.45) is 0. The molecule has 11 aromatic rings. The lowest BCUT2D eigenvalue weighted by Crippen LogP contribution is -2.17. The Hall–Kier alpha value is -8.98. The fourth-order valence-electron chi connectivity index (χ4n) is 9.18. The summed E-state index contributed by atoms with van der Waals surface area (Å²) in [4.78, 5) is 4.81. The summed E-state index contributed by atoms with van der Waals surface area (Å²) < 4.78 is 0. The third-order valence-electron chi connectivity index (χ3n) is 12.7. The van der Waals surface area contributed by atoms with Crippen molar-refractivity contribution in [3.05, 3.63) is 291 Å². The minimum absolute atomic E-state index is 1.04. The van der Waals surface area contributed by atoms with Crippen LogP contribution in [-0.2, 0) is 0 Å². The van der Waals surface area contributed by atoms with Gasteiger partial charge in [-0.05, 0) is 127 Å². The maximum atomic E-state index is 2.41.